The summed E-state index contributed by atoms with van der Waals surface area (Å²) in [5.41, 5.74) is 11.6. The third-order valence-corrected chi connectivity index (χ3v) is 2.88. The van der Waals surface area contributed by atoms with E-state index in [1.54, 1.807) is 6.07 Å². The Morgan fingerprint density at radius 1 is 1.33 bits per heavy atom. The highest BCUT2D eigenvalue weighted by molar-refractivity contribution is 6.33. The van der Waals surface area contributed by atoms with Gasteiger partial charge in [-0.15, -0.1) is 0 Å². The second-order valence-electron chi connectivity index (χ2n) is 3.92. The third kappa shape index (κ3) is 2.36. The van der Waals surface area contributed by atoms with Gasteiger partial charge in [0.25, 0.3) is 0 Å². The number of furan rings is 1. The molecule has 1 aromatic heterocycles. The zero-order chi connectivity index (χ0) is 13.3. The molecule has 0 amide bonds. The summed E-state index contributed by atoms with van der Waals surface area (Å²) in [7, 11) is 0. The van der Waals surface area contributed by atoms with Gasteiger partial charge < -0.3 is 21.2 Å². The van der Waals surface area contributed by atoms with Gasteiger partial charge in [0.15, 0.2) is 5.82 Å². The summed E-state index contributed by atoms with van der Waals surface area (Å²) >= 11 is 5.72. The molecule has 0 bridgehead atoms. The van der Waals surface area contributed by atoms with Crippen molar-refractivity contribution in [2.45, 2.75) is 13.5 Å². The fraction of sp³-hybridized carbons (Fsp3) is 0.167. The molecule has 0 aliphatic rings. The molecule has 5 N–H and O–H groups in total. The van der Waals surface area contributed by atoms with Crippen LogP contribution in [0.1, 0.15) is 11.5 Å². The number of nitrogens with two attached hydrogens (primary N) is 2. The summed E-state index contributed by atoms with van der Waals surface area (Å²) in [6.07, 6.45) is 0. The predicted octanol–water partition coefficient (Wildman–Crippen LogP) is 3.16. The van der Waals surface area contributed by atoms with Gasteiger partial charge in [-0.2, -0.15) is 0 Å². The van der Waals surface area contributed by atoms with E-state index in [4.69, 9.17) is 27.5 Å². The molecule has 6 heteroatoms. The quantitative estimate of drug-likeness (QED) is 0.748. The normalized spacial score (nSPS) is 10.6. The molecule has 0 radical (unpaired) electrons. The average molecular weight is 270 g/mol. The number of aryl methyl sites for hydroxylation is 1. The summed E-state index contributed by atoms with van der Waals surface area (Å²) in [4.78, 5) is 0. The van der Waals surface area contributed by atoms with Gasteiger partial charge in [-0.05, 0) is 25.1 Å². The molecular weight excluding hydrogens is 257 g/mol. The minimum Gasteiger partial charge on any atom is -0.465 e. The zero-order valence-electron chi connectivity index (χ0n) is 9.76. The van der Waals surface area contributed by atoms with Crippen LogP contribution in [-0.2, 0) is 6.54 Å². The first-order valence-corrected chi connectivity index (χ1v) is 5.69. The molecule has 4 nitrogen and oxygen atoms in total. The summed E-state index contributed by atoms with van der Waals surface area (Å²) in [6.45, 7) is 2.15. The second kappa shape index (κ2) is 4.78. The fourth-order valence-corrected chi connectivity index (χ4v) is 1.75. The van der Waals surface area contributed by atoms with Gasteiger partial charge in [0.2, 0.25) is 0 Å². The number of rotatable bonds is 3. The molecule has 0 atom stereocenters. The highest BCUT2D eigenvalue weighted by Gasteiger charge is 2.14. The van der Waals surface area contributed by atoms with Crippen molar-refractivity contribution < 1.29 is 8.81 Å². The molecule has 0 unspecified atom stereocenters. The summed E-state index contributed by atoms with van der Waals surface area (Å²) < 4.78 is 19.2. The first-order valence-electron chi connectivity index (χ1n) is 5.31. The van der Waals surface area contributed by atoms with E-state index in [-0.39, 0.29) is 22.1 Å². The average Bonchev–Trinajstić information content (AvgIpc) is 2.72. The SMILES string of the molecule is Cc1ccc(CNc2c(N)cc(N)c(Cl)c2F)o1. The van der Waals surface area contributed by atoms with Crippen molar-refractivity contribution in [3.63, 3.8) is 0 Å². The maximum Gasteiger partial charge on any atom is 0.169 e. The van der Waals surface area contributed by atoms with E-state index in [9.17, 15) is 4.39 Å². The molecule has 96 valence electrons. The summed E-state index contributed by atoms with van der Waals surface area (Å²) in [6, 6.07) is 5.04. The van der Waals surface area contributed by atoms with Crippen LogP contribution in [0.3, 0.4) is 0 Å². The first kappa shape index (κ1) is 12.6. The summed E-state index contributed by atoms with van der Waals surface area (Å²) in [5.74, 6) is 0.812. The van der Waals surface area contributed by atoms with E-state index in [1.807, 2.05) is 13.0 Å². The lowest BCUT2D eigenvalue weighted by molar-refractivity contribution is 0.490. The highest BCUT2D eigenvalue weighted by Crippen LogP contribution is 2.33. The van der Waals surface area contributed by atoms with Crippen molar-refractivity contribution in [3.05, 3.63) is 40.6 Å². The van der Waals surface area contributed by atoms with Crippen molar-refractivity contribution in [3.8, 4) is 0 Å². The van der Waals surface area contributed by atoms with Gasteiger partial charge in [0.1, 0.15) is 16.5 Å². The highest BCUT2D eigenvalue weighted by atomic mass is 35.5. The van der Waals surface area contributed by atoms with E-state index < -0.39 is 5.82 Å². The van der Waals surface area contributed by atoms with Crippen LogP contribution in [0.5, 0.6) is 0 Å². The van der Waals surface area contributed by atoms with E-state index in [0.29, 0.717) is 12.3 Å². The maximum absolute atomic E-state index is 13.8. The lowest BCUT2D eigenvalue weighted by atomic mass is 10.2. The van der Waals surface area contributed by atoms with Crippen LogP contribution in [-0.4, -0.2) is 0 Å². The van der Waals surface area contributed by atoms with Crippen LogP contribution in [0.4, 0.5) is 21.5 Å². The van der Waals surface area contributed by atoms with Crippen LogP contribution in [0.25, 0.3) is 0 Å². The number of benzene rings is 1. The van der Waals surface area contributed by atoms with Crippen LogP contribution >= 0.6 is 11.6 Å². The van der Waals surface area contributed by atoms with E-state index in [1.165, 1.54) is 6.07 Å². The van der Waals surface area contributed by atoms with Gasteiger partial charge in [0, 0.05) is 0 Å². The Morgan fingerprint density at radius 2 is 2.06 bits per heavy atom. The topological polar surface area (TPSA) is 77.2 Å². The molecule has 0 aliphatic heterocycles. The first-order chi connectivity index (χ1) is 8.49. The van der Waals surface area contributed by atoms with Crippen molar-refractivity contribution in [2.24, 2.45) is 0 Å². The third-order valence-electron chi connectivity index (χ3n) is 2.50. The van der Waals surface area contributed by atoms with Gasteiger partial charge in [0.05, 0.1) is 23.6 Å². The molecule has 0 aliphatic carbocycles. The Morgan fingerprint density at radius 3 is 2.67 bits per heavy atom. The van der Waals surface area contributed by atoms with Crippen molar-refractivity contribution in [1.82, 2.24) is 0 Å². The molecule has 0 spiro atoms. The largest absolute Gasteiger partial charge is 0.465 e. The predicted molar refractivity (Wildman–Crippen MR) is 71.0 cm³/mol. The number of halogens is 2. The zero-order valence-corrected chi connectivity index (χ0v) is 10.5. The molecule has 1 heterocycles. The second-order valence-corrected chi connectivity index (χ2v) is 4.30. The number of hydrogen-bond acceptors (Lipinski definition) is 4. The molecule has 2 rings (SSSR count). The van der Waals surface area contributed by atoms with Gasteiger partial charge in [-0.25, -0.2) is 4.39 Å². The van der Waals surface area contributed by atoms with E-state index >= 15 is 0 Å². The fourth-order valence-electron chi connectivity index (χ4n) is 1.60. The van der Waals surface area contributed by atoms with Crippen molar-refractivity contribution in [2.75, 3.05) is 16.8 Å². The van der Waals surface area contributed by atoms with Crippen LogP contribution in [0.15, 0.2) is 22.6 Å². The number of nitrogens with one attached hydrogen (secondary N) is 1. The Hall–Kier alpha value is -1.88. The minimum atomic E-state index is -0.655. The Bertz CT molecular complexity index is 583. The van der Waals surface area contributed by atoms with E-state index in [2.05, 4.69) is 5.32 Å². The number of anilines is 3. The lowest BCUT2D eigenvalue weighted by Gasteiger charge is -2.12. The Kier molecular flexibility index (Phi) is 3.34. The van der Waals surface area contributed by atoms with Crippen LogP contribution in [0, 0.1) is 12.7 Å². The number of nitrogen functional groups attached to an aromatic ring is 2. The molecule has 0 saturated heterocycles. The molecule has 1 aromatic carbocycles. The molecule has 0 saturated carbocycles. The molecule has 2 aromatic rings. The van der Waals surface area contributed by atoms with Gasteiger partial charge in [-0.1, -0.05) is 11.6 Å². The minimum absolute atomic E-state index is 0.117. The maximum atomic E-state index is 13.8. The van der Waals surface area contributed by atoms with Gasteiger partial charge in [-0.3, -0.25) is 0 Å². The standard InChI is InChI=1S/C12H13ClFN3O/c1-6-2-3-7(18-6)5-17-12-9(16)4-8(15)10(13)11(12)14/h2-4,17H,5,15-16H2,1H3. The molecule has 0 fully saturated rings. The molecular formula is C12H13ClFN3O. The van der Waals surface area contributed by atoms with Crippen LogP contribution in [0.2, 0.25) is 5.02 Å². The smallest absolute Gasteiger partial charge is 0.169 e. The van der Waals surface area contributed by atoms with Crippen molar-refractivity contribution >= 4 is 28.7 Å². The Balaban J connectivity index is 2.22. The summed E-state index contributed by atoms with van der Waals surface area (Å²) in [5, 5.41) is 2.71. The van der Waals surface area contributed by atoms with Crippen molar-refractivity contribution in [1.29, 1.82) is 0 Å². The van der Waals surface area contributed by atoms with E-state index in [0.717, 1.165) is 5.76 Å². The number of hydrogen-bond donors (Lipinski definition) is 3. The van der Waals surface area contributed by atoms with Gasteiger partial charge >= 0.3 is 0 Å². The van der Waals surface area contributed by atoms with Crippen LogP contribution < -0.4 is 16.8 Å². The monoisotopic (exact) mass is 269 g/mol. The Labute approximate surface area is 109 Å². The molecule has 18 heavy (non-hydrogen) atoms. The lowest BCUT2D eigenvalue weighted by Crippen LogP contribution is -2.06.